The van der Waals surface area contributed by atoms with Crippen LogP contribution in [0.4, 0.5) is 4.79 Å². The molecule has 1 fully saturated rings. The summed E-state index contributed by atoms with van der Waals surface area (Å²) in [6, 6.07) is -0.286. The first-order valence-electron chi connectivity index (χ1n) is 7.59. The van der Waals surface area contributed by atoms with Crippen LogP contribution in [0.5, 0.6) is 0 Å². The van der Waals surface area contributed by atoms with E-state index in [0.717, 1.165) is 6.42 Å². The van der Waals surface area contributed by atoms with Gasteiger partial charge in [0.25, 0.3) is 0 Å². The van der Waals surface area contributed by atoms with E-state index in [1.165, 1.54) is 14.2 Å². The van der Waals surface area contributed by atoms with Crippen LogP contribution in [-0.2, 0) is 19.0 Å². The molecule has 6 heteroatoms. The van der Waals surface area contributed by atoms with Crippen LogP contribution in [0.15, 0.2) is 12.2 Å². The molecule has 6 nitrogen and oxygen atoms in total. The summed E-state index contributed by atoms with van der Waals surface area (Å²) in [5, 5.41) is 0. The van der Waals surface area contributed by atoms with E-state index in [2.05, 4.69) is 0 Å². The molecular formula is C16H27NO5. The number of amides is 1. The largest absolute Gasteiger partial charge is 0.469 e. The Morgan fingerprint density at radius 2 is 1.95 bits per heavy atom. The fourth-order valence-electron chi connectivity index (χ4n) is 2.84. The predicted octanol–water partition coefficient (Wildman–Crippen LogP) is 2.72. The van der Waals surface area contributed by atoms with Gasteiger partial charge in [-0.1, -0.05) is 25.5 Å². The highest BCUT2D eigenvalue weighted by Gasteiger charge is 2.47. The minimum atomic E-state index is -0.757. The maximum atomic E-state index is 12.0. The van der Waals surface area contributed by atoms with Crippen LogP contribution in [0.25, 0.3) is 0 Å². The number of rotatable bonds is 5. The molecule has 1 aliphatic heterocycles. The molecule has 1 saturated heterocycles. The van der Waals surface area contributed by atoms with Crippen molar-refractivity contribution < 1.29 is 23.8 Å². The van der Waals surface area contributed by atoms with Crippen LogP contribution in [-0.4, -0.2) is 49.1 Å². The fourth-order valence-corrected chi connectivity index (χ4v) is 2.84. The first-order valence-corrected chi connectivity index (χ1v) is 7.59. The highest BCUT2D eigenvalue weighted by molar-refractivity contribution is 5.74. The van der Waals surface area contributed by atoms with E-state index < -0.39 is 11.8 Å². The molecule has 0 unspecified atom stereocenters. The molecule has 0 aromatic heterocycles. The lowest BCUT2D eigenvalue weighted by Gasteiger charge is -2.31. The van der Waals surface area contributed by atoms with E-state index in [9.17, 15) is 9.59 Å². The van der Waals surface area contributed by atoms with Crippen molar-refractivity contribution in [2.45, 2.75) is 58.4 Å². The number of esters is 1. The molecule has 1 aliphatic rings. The van der Waals surface area contributed by atoms with Crippen molar-refractivity contribution in [1.82, 2.24) is 4.90 Å². The number of carbonyl (C=O) groups excluding carboxylic acids is 2. The molecule has 0 spiro atoms. The van der Waals surface area contributed by atoms with E-state index in [4.69, 9.17) is 14.2 Å². The number of hydrogen-bond acceptors (Lipinski definition) is 5. The molecule has 0 aromatic carbocycles. The van der Waals surface area contributed by atoms with Gasteiger partial charge < -0.3 is 14.2 Å². The summed E-state index contributed by atoms with van der Waals surface area (Å²) >= 11 is 0. The van der Waals surface area contributed by atoms with Crippen LogP contribution >= 0.6 is 0 Å². The number of methoxy groups -OCH3 is 2. The average molecular weight is 313 g/mol. The highest BCUT2D eigenvalue weighted by atomic mass is 16.6. The lowest BCUT2D eigenvalue weighted by atomic mass is 10.0. The normalized spacial score (nSPS) is 25.3. The quantitative estimate of drug-likeness (QED) is 0.577. The summed E-state index contributed by atoms with van der Waals surface area (Å²) in [6.45, 7) is 7.54. The summed E-state index contributed by atoms with van der Waals surface area (Å²) < 4.78 is 15.5. The van der Waals surface area contributed by atoms with E-state index in [-0.39, 0.29) is 24.0 Å². The monoisotopic (exact) mass is 313 g/mol. The van der Waals surface area contributed by atoms with Crippen LogP contribution in [0.2, 0.25) is 0 Å². The van der Waals surface area contributed by atoms with Crippen LogP contribution < -0.4 is 0 Å². The van der Waals surface area contributed by atoms with E-state index in [1.54, 1.807) is 11.0 Å². The van der Waals surface area contributed by atoms with Gasteiger partial charge in [0, 0.05) is 0 Å². The van der Waals surface area contributed by atoms with Gasteiger partial charge in [0.1, 0.15) is 5.72 Å². The Labute approximate surface area is 132 Å². The SMILES string of the molecule is CCC[C@H](/C=C/[C@@H]1[C@@H](C)OC(C)(C)N1C(=O)OC)C(=O)OC. The number of carbonyl (C=O) groups is 2. The molecule has 0 aliphatic carbocycles. The summed E-state index contributed by atoms with van der Waals surface area (Å²) in [5.74, 6) is -0.584. The summed E-state index contributed by atoms with van der Waals surface area (Å²) in [6.07, 6.45) is 4.57. The number of hydrogen-bond donors (Lipinski definition) is 0. The Balaban J connectivity index is 2.98. The second-order valence-electron chi connectivity index (χ2n) is 5.90. The van der Waals surface area contributed by atoms with Gasteiger partial charge in [0.15, 0.2) is 0 Å². The molecule has 1 heterocycles. The fraction of sp³-hybridized carbons (Fsp3) is 0.750. The van der Waals surface area contributed by atoms with Gasteiger partial charge in [-0.25, -0.2) is 4.79 Å². The minimum Gasteiger partial charge on any atom is -0.469 e. The molecule has 0 saturated carbocycles. The van der Waals surface area contributed by atoms with Crippen LogP contribution in [0.3, 0.4) is 0 Å². The molecule has 0 aromatic rings. The van der Waals surface area contributed by atoms with Gasteiger partial charge in [0.05, 0.1) is 32.3 Å². The average Bonchev–Trinajstić information content (AvgIpc) is 2.70. The zero-order chi connectivity index (χ0) is 16.9. The van der Waals surface area contributed by atoms with Crippen molar-refractivity contribution in [3.63, 3.8) is 0 Å². The summed E-state index contributed by atoms with van der Waals surface area (Å²) in [7, 11) is 2.72. The van der Waals surface area contributed by atoms with Crippen LogP contribution in [0.1, 0.15) is 40.5 Å². The maximum absolute atomic E-state index is 12.0. The first-order chi connectivity index (χ1) is 10.3. The highest BCUT2D eigenvalue weighted by Crippen LogP contribution is 2.33. The van der Waals surface area contributed by atoms with Gasteiger partial charge in [-0.3, -0.25) is 9.69 Å². The third-order valence-corrected chi connectivity index (χ3v) is 3.85. The minimum absolute atomic E-state index is 0.190. The predicted molar refractivity (Wildman–Crippen MR) is 82.2 cm³/mol. The number of ether oxygens (including phenoxy) is 3. The molecule has 22 heavy (non-hydrogen) atoms. The van der Waals surface area contributed by atoms with Crippen molar-refractivity contribution in [2.75, 3.05) is 14.2 Å². The molecular weight excluding hydrogens is 286 g/mol. The van der Waals surface area contributed by atoms with Gasteiger partial charge >= 0.3 is 12.1 Å². The van der Waals surface area contributed by atoms with E-state index in [1.807, 2.05) is 33.8 Å². The summed E-state index contributed by atoms with van der Waals surface area (Å²) in [4.78, 5) is 25.4. The summed E-state index contributed by atoms with van der Waals surface area (Å²) in [5.41, 5.74) is -0.757. The van der Waals surface area contributed by atoms with E-state index >= 15 is 0 Å². The molecule has 126 valence electrons. The second-order valence-corrected chi connectivity index (χ2v) is 5.90. The Morgan fingerprint density at radius 3 is 2.45 bits per heavy atom. The Bertz CT molecular complexity index is 432. The Morgan fingerprint density at radius 1 is 1.32 bits per heavy atom. The Kier molecular flexibility index (Phi) is 6.41. The molecule has 1 amide bonds. The lowest BCUT2D eigenvalue weighted by molar-refractivity contribution is -0.143. The molecule has 0 bridgehead atoms. The third kappa shape index (κ3) is 4.00. The van der Waals surface area contributed by atoms with Crippen molar-refractivity contribution in [2.24, 2.45) is 5.92 Å². The Hall–Kier alpha value is -1.56. The topological polar surface area (TPSA) is 65.1 Å². The lowest BCUT2D eigenvalue weighted by Crippen LogP contribution is -2.47. The van der Waals surface area contributed by atoms with E-state index in [0.29, 0.717) is 6.42 Å². The van der Waals surface area contributed by atoms with Gasteiger partial charge in [-0.05, 0) is 27.2 Å². The molecule has 1 rings (SSSR count). The standard InChI is InChI=1S/C16H27NO5/c1-7-8-12(14(18)20-5)9-10-13-11(2)22-16(3,4)17(13)15(19)21-6/h9-13H,7-8H2,1-6H3/b10-9+/t11-,12-,13-/m1/s1. The smallest absolute Gasteiger partial charge is 0.412 e. The molecule has 0 N–H and O–H groups in total. The first kappa shape index (κ1) is 18.5. The zero-order valence-electron chi connectivity index (χ0n) is 14.3. The molecule has 0 radical (unpaired) electrons. The second kappa shape index (κ2) is 7.63. The van der Waals surface area contributed by atoms with Crippen molar-refractivity contribution in [1.29, 1.82) is 0 Å². The van der Waals surface area contributed by atoms with Gasteiger partial charge in [-0.2, -0.15) is 0 Å². The van der Waals surface area contributed by atoms with Gasteiger partial charge in [-0.15, -0.1) is 0 Å². The number of nitrogens with zero attached hydrogens (tertiary/aromatic N) is 1. The maximum Gasteiger partial charge on any atom is 0.412 e. The zero-order valence-corrected chi connectivity index (χ0v) is 14.3. The van der Waals surface area contributed by atoms with Crippen LogP contribution in [0, 0.1) is 5.92 Å². The van der Waals surface area contributed by atoms with Gasteiger partial charge in [0.2, 0.25) is 0 Å². The molecule has 3 atom stereocenters. The van der Waals surface area contributed by atoms with Crippen molar-refractivity contribution >= 4 is 12.1 Å². The third-order valence-electron chi connectivity index (χ3n) is 3.85. The van der Waals surface area contributed by atoms with Crippen molar-refractivity contribution in [3.8, 4) is 0 Å². The van der Waals surface area contributed by atoms with Crippen molar-refractivity contribution in [3.05, 3.63) is 12.2 Å².